The zero-order chi connectivity index (χ0) is 32.7. The molecule has 14 nitrogen and oxygen atoms in total. The van der Waals surface area contributed by atoms with Gasteiger partial charge in [0.05, 0.1) is 18.6 Å². The fraction of sp³-hybridized carbons (Fsp3) is 0.571. The van der Waals surface area contributed by atoms with Gasteiger partial charge in [-0.1, -0.05) is 44.2 Å². The molecule has 43 heavy (non-hydrogen) atoms. The second kappa shape index (κ2) is 18.8. The van der Waals surface area contributed by atoms with Crippen LogP contribution in [0, 0.1) is 5.92 Å². The first kappa shape index (κ1) is 37.3. The molecule has 0 fully saturated rings. The predicted molar refractivity (Wildman–Crippen MR) is 161 cm³/mol. The molecule has 0 aliphatic carbocycles. The Hall–Kier alpha value is -3.69. The molecule has 0 unspecified atom stereocenters. The number of nitrogens with two attached hydrogens (primary N) is 2. The Morgan fingerprint density at radius 2 is 1.40 bits per heavy atom. The van der Waals surface area contributed by atoms with E-state index in [1.54, 1.807) is 44.2 Å². The third-order valence-electron chi connectivity index (χ3n) is 6.31. The number of carbonyl (C=O) groups excluding carboxylic acids is 5. The Bertz CT molecular complexity index is 1100. The topological polar surface area (TPSA) is 243 Å². The number of nitrogens with one attached hydrogen (secondary N) is 4. The van der Waals surface area contributed by atoms with Gasteiger partial charge in [0.25, 0.3) is 0 Å². The lowest BCUT2D eigenvalue weighted by atomic mass is 10.0. The summed E-state index contributed by atoms with van der Waals surface area (Å²) in [5.74, 6) is -5.13. The van der Waals surface area contributed by atoms with Gasteiger partial charge in [0.1, 0.15) is 24.2 Å². The first-order valence-electron chi connectivity index (χ1n) is 13.8. The number of rotatable bonds is 19. The number of thioether (sulfide) groups is 1. The Morgan fingerprint density at radius 3 is 1.91 bits per heavy atom. The maximum atomic E-state index is 13.3. The molecule has 1 aromatic carbocycles. The van der Waals surface area contributed by atoms with Gasteiger partial charge in [-0.15, -0.1) is 0 Å². The summed E-state index contributed by atoms with van der Waals surface area (Å²) in [6.07, 6.45) is 0.240. The van der Waals surface area contributed by atoms with E-state index in [-0.39, 0.29) is 18.8 Å². The molecule has 5 amide bonds. The predicted octanol–water partition coefficient (Wildman–Crippen LogP) is -1.36. The number of aliphatic hydroxyl groups is 1. The number of primary amides is 1. The molecule has 10 N–H and O–H groups in total. The molecule has 0 radical (unpaired) electrons. The van der Waals surface area contributed by atoms with Gasteiger partial charge < -0.3 is 42.9 Å². The van der Waals surface area contributed by atoms with Gasteiger partial charge in [0, 0.05) is 6.42 Å². The molecule has 0 saturated carbocycles. The smallest absolute Gasteiger partial charge is 0.326 e. The summed E-state index contributed by atoms with van der Waals surface area (Å²) in [6, 6.07) is 2.03. The molecule has 1 aromatic rings. The molecular formula is C28H44N6O8S. The average Bonchev–Trinajstić information content (AvgIpc) is 2.92. The summed E-state index contributed by atoms with van der Waals surface area (Å²) in [5, 5.41) is 29.5. The second-order valence-corrected chi connectivity index (χ2v) is 11.6. The highest BCUT2D eigenvalue weighted by atomic mass is 32.2. The molecule has 0 aromatic heterocycles. The lowest BCUT2D eigenvalue weighted by Crippen LogP contribution is -2.61. The van der Waals surface area contributed by atoms with Crippen molar-refractivity contribution in [3.05, 3.63) is 35.9 Å². The SMILES string of the molecule is CSCC[C@H](N)C(=O)N[C@H](C(=O)N[C@@H](CC(C)C)C(=O)N[C@@H](CC(N)=O)C(=O)N[C@@H](Cc1ccccc1)C(=O)O)[C@@H](C)O. The standard InChI is InChI=1S/C28H44N6O8S/c1-15(2)12-19(32-27(40)23(16(3)35)34-24(37)18(29)10-11-43-4)25(38)31-20(14-22(30)36)26(39)33-21(28(41)42)13-17-8-6-5-7-9-17/h5-9,15-16,18-21,23,35H,10-14,29H2,1-4H3,(H2,30,36)(H,31,38)(H,32,40)(H,33,39)(H,34,37)(H,41,42)/t16-,18+,19+,20+,21+,23+/m1/s1. The van der Waals surface area contributed by atoms with Crippen molar-refractivity contribution in [2.75, 3.05) is 12.0 Å². The average molecular weight is 625 g/mol. The van der Waals surface area contributed by atoms with Gasteiger partial charge in [0.2, 0.25) is 29.5 Å². The summed E-state index contributed by atoms with van der Waals surface area (Å²) in [5.41, 5.74) is 11.8. The summed E-state index contributed by atoms with van der Waals surface area (Å²) >= 11 is 1.49. The van der Waals surface area contributed by atoms with Crippen molar-refractivity contribution in [1.29, 1.82) is 0 Å². The zero-order valence-corrected chi connectivity index (χ0v) is 25.7. The minimum absolute atomic E-state index is 0.0570. The molecule has 0 bridgehead atoms. The van der Waals surface area contributed by atoms with Crippen LogP contribution in [0.2, 0.25) is 0 Å². The number of carbonyl (C=O) groups is 6. The van der Waals surface area contributed by atoms with Crippen LogP contribution < -0.4 is 32.7 Å². The first-order chi connectivity index (χ1) is 20.2. The van der Waals surface area contributed by atoms with Crippen LogP contribution in [0.1, 0.15) is 45.6 Å². The van der Waals surface area contributed by atoms with E-state index in [0.717, 1.165) is 0 Å². The van der Waals surface area contributed by atoms with E-state index >= 15 is 0 Å². The Balaban J connectivity index is 3.09. The normalized spacial score (nSPS) is 15.2. The lowest BCUT2D eigenvalue weighted by Gasteiger charge is -2.27. The molecule has 15 heteroatoms. The van der Waals surface area contributed by atoms with Crippen molar-refractivity contribution in [3.63, 3.8) is 0 Å². The van der Waals surface area contributed by atoms with E-state index in [1.165, 1.54) is 18.7 Å². The third kappa shape index (κ3) is 13.9. The van der Waals surface area contributed by atoms with E-state index < -0.39 is 78.2 Å². The van der Waals surface area contributed by atoms with Crippen LogP contribution in [-0.2, 0) is 35.2 Å². The molecule has 0 aliphatic rings. The van der Waals surface area contributed by atoms with Crippen LogP contribution in [0.25, 0.3) is 0 Å². The van der Waals surface area contributed by atoms with Crippen molar-refractivity contribution in [2.24, 2.45) is 17.4 Å². The molecular weight excluding hydrogens is 580 g/mol. The van der Waals surface area contributed by atoms with E-state index in [0.29, 0.717) is 17.7 Å². The molecule has 6 atom stereocenters. The number of carboxylic acid groups (broad SMARTS) is 1. The summed E-state index contributed by atoms with van der Waals surface area (Å²) in [4.78, 5) is 75.6. The molecule has 1 rings (SSSR count). The van der Waals surface area contributed by atoms with Crippen LogP contribution in [-0.4, -0.2) is 94.0 Å². The van der Waals surface area contributed by atoms with Crippen LogP contribution in [0.4, 0.5) is 0 Å². The minimum atomic E-state index is -1.55. The monoisotopic (exact) mass is 624 g/mol. The maximum absolute atomic E-state index is 13.3. The highest BCUT2D eigenvalue weighted by Gasteiger charge is 2.34. The molecule has 0 aliphatic heterocycles. The summed E-state index contributed by atoms with van der Waals surface area (Å²) < 4.78 is 0. The van der Waals surface area contributed by atoms with Crippen molar-refractivity contribution in [1.82, 2.24) is 21.3 Å². The van der Waals surface area contributed by atoms with Crippen molar-refractivity contribution < 1.29 is 39.0 Å². The third-order valence-corrected chi connectivity index (χ3v) is 6.95. The zero-order valence-electron chi connectivity index (χ0n) is 24.9. The van der Waals surface area contributed by atoms with E-state index in [1.807, 2.05) is 6.26 Å². The number of aliphatic hydroxyl groups excluding tert-OH is 1. The number of amides is 5. The Labute approximate surface area is 255 Å². The Kier molecular flexibility index (Phi) is 16.3. The second-order valence-electron chi connectivity index (χ2n) is 10.6. The van der Waals surface area contributed by atoms with Crippen LogP contribution >= 0.6 is 11.8 Å². The number of hydrogen-bond acceptors (Lipinski definition) is 9. The highest BCUT2D eigenvalue weighted by Crippen LogP contribution is 2.09. The molecule has 0 saturated heterocycles. The Morgan fingerprint density at radius 1 is 0.837 bits per heavy atom. The molecule has 0 heterocycles. The van der Waals surface area contributed by atoms with E-state index in [2.05, 4.69) is 21.3 Å². The summed E-state index contributed by atoms with van der Waals surface area (Å²) in [6.45, 7) is 4.84. The minimum Gasteiger partial charge on any atom is -0.480 e. The molecule has 240 valence electrons. The van der Waals surface area contributed by atoms with Gasteiger partial charge in [-0.25, -0.2) is 4.79 Å². The fourth-order valence-corrected chi connectivity index (χ4v) is 4.50. The van der Waals surface area contributed by atoms with Crippen molar-refractivity contribution in [3.8, 4) is 0 Å². The van der Waals surface area contributed by atoms with E-state index in [4.69, 9.17) is 11.5 Å². The van der Waals surface area contributed by atoms with Gasteiger partial charge in [0.15, 0.2) is 0 Å². The number of carboxylic acids is 1. The van der Waals surface area contributed by atoms with Gasteiger partial charge in [-0.2, -0.15) is 11.8 Å². The maximum Gasteiger partial charge on any atom is 0.326 e. The largest absolute Gasteiger partial charge is 0.480 e. The van der Waals surface area contributed by atoms with Gasteiger partial charge >= 0.3 is 5.97 Å². The van der Waals surface area contributed by atoms with Gasteiger partial charge in [-0.3, -0.25) is 24.0 Å². The van der Waals surface area contributed by atoms with Crippen LogP contribution in [0.5, 0.6) is 0 Å². The summed E-state index contributed by atoms with van der Waals surface area (Å²) in [7, 11) is 0. The highest BCUT2D eigenvalue weighted by molar-refractivity contribution is 7.98. The van der Waals surface area contributed by atoms with Crippen LogP contribution in [0.3, 0.4) is 0 Å². The first-order valence-corrected chi connectivity index (χ1v) is 15.2. The van der Waals surface area contributed by atoms with Gasteiger partial charge in [-0.05, 0) is 43.3 Å². The number of benzene rings is 1. The fourth-order valence-electron chi connectivity index (χ4n) is 4.01. The number of hydrogen-bond donors (Lipinski definition) is 8. The number of aliphatic carboxylic acids is 1. The van der Waals surface area contributed by atoms with Crippen LogP contribution in [0.15, 0.2) is 30.3 Å². The van der Waals surface area contributed by atoms with Crippen molar-refractivity contribution in [2.45, 2.75) is 82.8 Å². The lowest BCUT2D eigenvalue weighted by molar-refractivity contribution is -0.142. The molecule has 0 spiro atoms. The quantitative estimate of drug-likeness (QED) is 0.0898. The van der Waals surface area contributed by atoms with E-state index in [9.17, 15) is 39.0 Å². The van der Waals surface area contributed by atoms with Crippen molar-refractivity contribution >= 4 is 47.3 Å².